The van der Waals surface area contributed by atoms with Crippen molar-refractivity contribution in [1.82, 2.24) is 14.8 Å². The normalized spacial score (nSPS) is 10.9. The van der Waals surface area contributed by atoms with E-state index in [9.17, 15) is 9.18 Å². The first-order chi connectivity index (χ1) is 9.97. The molecule has 2 aromatic rings. The highest BCUT2D eigenvalue weighted by Crippen LogP contribution is 2.13. The van der Waals surface area contributed by atoms with Gasteiger partial charge in [-0.25, -0.2) is 18.9 Å². The molecule has 2 rings (SSSR count). The number of carbonyl (C=O) groups excluding carboxylic acids is 1. The molecule has 0 aliphatic heterocycles. The molecule has 0 spiro atoms. The molecule has 0 bridgehead atoms. The maximum Gasteiger partial charge on any atom is 0.338 e. The van der Waals surface area contributed by atoms with E-state index < -0.39 is 11.8 Å². The van der Waals surface area contributed by atoms with Crippen LogP contribution in [0.4, 0.5) is 10.1 Å². The monoisotopic (exact) mass is 292 g/mol. The van der Waals surface area contributed by atoms with Crippen LogP contribution in [0.1, 0.15) is 30.0 Å². The van der Waals surface area contributed by atoms with Gasteiger partial charge in [0, 0.05) is 6.54 Å². The van der Waals surface area contributed by atoms with E-state index in [-0.39, 0.29) is 17.9 Å². The first kappa shape index (κ1) is 15.0. The molecule has 21 heavy (non-hydrogen) atoms. The summed E-state index contributed by atoms with van der Waals surface area (Å²) in [6.45, 7) is 4.77. The minimum absolute atomic E-state index is 0.0109. The quantitative estimate of drug-likeness (QED) is 0.673. The molecule has 0 saturated heterocycles. The molecule has 0 fully saturated rings. The van der Waals surface area contributed by atoms with Gasteiger partial charge in [-0.2, -0.15) is 5.10 Å². The van der Waals surface area contributed by atoms with Crippen molar-refractivity contribution >= 4 is 11.7 Å². The lowest BCUT2D eigenvalue weighted by Gasteiger charge is -2.09. The molecule has 0 aliphatic rings. The number of nitrogen functional groups attached to an aromatic ring is 1. The summed E-state index contributed by atoms with van der Waals surface area (Å²) in [5, 5.41) is 4.07. The van der Waals surface area contributed by atoms with Gasteiger partial charge in [0.25, 0.3) is 0 Å². The highest BCUT2D eigenvalue weighted by molar-refractivity contribution is 5.89. The molecule has 0 atom stereocenters. The van der Waals surface area contributed by atoms with Crippen molar-refractivity contribution in [3.8, 4) is 0 Å². The van der Waals surface area contributed by atoms with Crippen molar-refractivity contribution in [2.75, 3.05) is 5.73 Å². The summed E-state index contributed by atoms with van der Waals surface area (Å²) in [6, 6.07) is 3.79. The molecule has 0 unspecified atom stereocenters. The summed E-state index contributed by atoms with van der Waals surface area (Å²) in [7, 11) is 0. The molecule has 2 N–H and O–H groups in total. The number of hydrogen-bond acceptors (Lipinski definition) is 5. The van der Waals surface area contributed by atoms with E-state index in [0.717, 1.165) is 6.07 Å². The van der Waals surface area contributed by atoms with Gasteiger partial charge in [-0.05, 0) is 24.1 Å². The third-order valence-electron chi connectivity index (χ3n) is 2.80. The fourth-order valence-electron chi connectivity index (χ4n) is 1.77. The van der Waals surface area contributed by atoms with Crippen LogP contribution in [0, 0.1) is 11.7 Å². The standard InChI is InChI=1S/C14H17FN4O2/c1-9(2)6-19-13(17-8-18-19)7-21-14(20)10-3-4-12(16)11(15)5-10/h3-5,8-9H,6-7,16H2,1-2H3. The molecule has 1 aromatic heterocycles. The number of ether oxygens (including phenoxy) is 1. The molecule has 112 valence electrons. The molecule has 0 radical (unpaired) electrons. The van der Waals surface area contributed by atoms with Crippen molar-refractivity contribution in [2.24, 2.45) is 5.92 Å². The lowest BCUT2D eigenvalue weighted by atomic mass is 10.2. The second-order valence-corrected chi connectivity index (χ2v) is 5.06. The zero-order valence-corrected chi connectivity index (χ0v) is 11.9. The summed E-state index contributed by atoms with van der Waals surface area (Å²) in [6.07, 6.45) is 1.41. The minimum Gasteiger partial charge on any atom is -0.454 e. The van der Waals surface area contributed by atoms with Crippen LogP contribution in [-0.2, 0) is 17.9 Å². The number of anilines is 1. The van der Waals surface area contributed by atoms with Crippen molar-refractivity contribution in [1.29, 1.82) is 0 Å². The summed E-state index contributed by atoms with van der Waals surface area (Å²) in [5.41, 5.74) is 5.45. The predicted octanol–water partition coefficient (Wildman–Crippen LogP) is 2.01. The Kier molecular flexibility index (Phi) is 4.52. The zero-order chi connectivity index (χ0) is 15.4. The van der Waals surface area contributed by atoms with E-state index in [4.69, 9.17) is 10.5 Å². The smallest absolute Gasteiger partial charge is 0.338 e. The van der Waals surface area contributed by atoms with Crippen molar-refractivity contribution in [3.63, 3.8) is 0 Å². The number of esters is 1. The Bertz CT molecular complexity index is 640. The van der Waals surface area contributed by atoms with Gasteiger partial charge in [0.05, 0.1) is 11.3 Å². The van der Waals surface area contributed by atoms with Crippen LogP contribution in [0.3, 0.4) is 0 Å². The van der Waals surface area contributed by atoms with Crippen LogP contribution in [-0.4, -0.2) is 20.7 Å². The summed E-state index contributed by atoms with van der Waals surface area (Å²) < 4.78 is 20.1. The maximum atomic E-state index is 13.3. The number of halogens is 1. The Morgan fingerprint density at radius 2 is 2.24 bits per heavy atom. The largest absolute Gasteiger partial charge is 0.454 e. The average Bonchev–Trinajstić information content (AvgIpc) is 2.85. The van der Waals surface area contributed by atoms with Crippen LogP contribution in [0.15, 0.2) is 24.5 Å². The van der Waals surface area contributed by atoms with E-state index in [1.807, 2.05) is 0 Å². The van der Waals surface area contributed by atoms with E-state index >= 15 is 0 Å². The Hall–Kier alpha value is -2.44. The molecular formula is C14H17FN4O2. The molecule has 0 amide bonds. The second kappa shape index (κ2) is 6.34. The van der Waals surface area contributed by atoms with E-state index in [2.05, 4.69) is 23.9 Å². The number of rotatable bonds is 5. The van der Waals surface area contributed by atoms with Gasteiger partial charge in [-0.1, -0.05) is 13.8 Å². The fraction of sp³-hybridized carbons (Fsp3) is 0.357. The molecule has 6 nitrogen and oxygen atoms in total. The summed E-state index contributed by atoms with van der Waals surface area (Å²) >= 11 is 0. The SMILES string of the molecule is CC(C)Cn1ncnc1COC(=O)c1ccc(N)c(F)c1. The van der Waals surface area contributed by atoms with Crippen LogP contribution in [0.5, 0.6) is 0 Å². The zero-order valence-electron chi connectivity index (χ0n) is 11.9. The first-order valence-electron chi connectivity index (χ1n) is 6.56. The second-order valence-electron chi connectivity index (χ2n) is 5.06. The number of benzene rings is 1. The van der Waals surface area contributed by atoms with E-state index in [1.165, 1.54) is 18.5 Å². The third kappa shape index (κ3) is 3.77. The minimum atomic E-state index is -0.646. The lowest BCUT2D eigenvalue weighted by Crippen LogP contribution is -2.13. The summed E-state index contributed by atoms with van der Waals surface area (Å²) in [4.78, 5) is 15.9. The molecule has 1 heterocycles. The van der Waals surface area contributed by atoms with Gasteiger partial charge >= 0.3 is 5.97 Å². The van der Waals surface area contributed by atoms with Crippen LogP contribution < -0.4 is 5.73 Å². The molecular weight excluding hydrogens is 275 g/mol. The van der Waals surface area contributed by atoms with Gasteiger partial charge in [0.15, 0.2) is 12.4 Å². The average molecular weight is 292 g/mol. The molecule has 0 saturated carbocycles. The Morgan fingerprint density at radius 1 is 1.48 bits per heavy atom. The van der Waals surface area contributed by atoms with Crippen molar-refractivity contribution in [2.45, 2.75) is 27.0 Å². The predicted molar refractivity (Wildman–Crippen MR) is 74.8 cm³/mol. The van der Waals surface area contributed by atoms with Crippen molar-refractivity contribution in [3.05, 3.63) is 41.7 Å². The van der Waals surface area contributed by atoms with Gasteiger partial charge in [0.1, 0.15) is 12.1 Å². The summed E-state index contributed by atoms with van der Waals surface area (Å²) in [5.74, 6) is -0.333. The lowest BCUT2D eigenvalue weighted by molar-refractivity contribution is 0.0455. The number of carbonyl (C=O) groups is 1. The fourth-order valence-corrected chi connectivity index (χ4v) is 1.77. The molecule has 7 heteroatoms. The van der Waals surface area contributed by atoms with Gasteiger partial charge in [0.2, 0.25) is 0 Å². The van der Waals surface area contributed by atoms with Gasteiger partial charge in [-0.15, -0.1) is 0 Å². The maximum absolute atomic E-state index is 13.3. The van der Waals surface area contributed by atoms with E-state index in [1.54, 1.807) is 4.68 Å². The van der Waals surface area contributed by atoms with Crippen LogP contribution in [0.2, 0.25) is 0 Å². The number of aromatic nitrogens is 3. The number of hydrogen-bond donors (Lipinski definition) is 1. The van der Waals surface area contributed by atoms with E-state index in [0.29, 0.717) is 18.3 Å². The number of nitrogens with zero attached hydrogens (tertiary/aromatic N) is 3. The van der Waals surface area contributed by atoms with Crippen LogP contribution in [0.25, 0.3) is 0 Å². The highest BCUT2D eigenvalue weighted by Gasteiger charge is 2.13. The third-order valence-corrected chi connectivity index (χ3v) is 2.80. The Morgan fingerprint density at radius 3 is 2.90 bits per heavy atom. The van der Waals surface area contributed by atoms with Crippen LogP contribution >= 0.6 is 0 Å². The highest BCUT2D eigenvalue weighted by atomic mass is 19.1. The first-order valence-corrected chi connectivity index (χ1v) is 6.56. The molecule has 1 aromatic carbocycles. The Balaban J connectivity index is 2.01. The van der Waals surface area contributed by atoms with Gasteiger partial charge in [-0.3, -0.25) is 0 Å². The number of nitrogens with two attached hydrogens (primary N) is 1. The Labute approximate surface area is 121 Å². The van der Waals surface area contributed by atoms with Crippen molar-refractivity contribution < 1.29 is 13.9 Å². The topological polar surface area (TPSA) is 83.0 Å². The van der Waals surface area contributed by atoms with Gasteiger partial charge < -0.3 is 10.5 Å². The molecule has 0 aliphatic carbocycles.